The molecular weight excluding hydrogens is 324 g/mol. The average Bonchev–Trinajstić information content (AvgIpc) is 2.87. The molecule has 1 unspecified atom stereocenters. The van der Waals surface area contributed by atoms with Crippen LogP contribution in [0.5, 0.6) is 0 Å². The van der Waals surface area contributed by atoms with E-state index in [1.807, 2.05) is 20.2 Å². The van der Waals surface area contributed by atoms with E-state index in [4.69, 9.17) is 9.47 Å². The van der Waals surface area contributed by atoms with Gasteiger partial charge in [-0.05, 0) is 51.5 Å². The molecule has 2 aliphatic rings. The Hall–Kier alpha value is -2.41. The van der Waals surface area contributed by atoms with Crippen molar-refractivity contribution in [1.29, 1.82) is 0 Å². The normalized spacial score (nSPS) is 22.2. The van der Waals surface area contributed by atoms with Gasteiger partial charge >= 0.3 is 17.8 Å². The van der Waals surface area contributed by atoms with Crippen LogP contribution in [-0.4, -0.2) is 60.7 Å². The zero-order valence-electron chi connectivity index (χ0n) is 14.4. The molecule has 0 N–H and O–H groups in total. The molecule has 0 aromatic heterocycles. The number of likely N-dealkylation sites (tertiary alicyclic amines) is 1. The number of hydrogen-bond acceptors (Lipinski definition) is 6. The summed E-state index contributed by atoms with van der Waals surface area (Å²) >= 11 is 0. The van der Waals surface area contributed by atoms with Crippen LogP contribution in [0, 0.1) is 5.92 Å². The number of esters is 2. The molecule has 2 saturated heterocycles. The fraction of sp³-hybridized carbons (Fsp3) is 0.500. The lowest BCUT2D eigenvalue weighted by Crippen LogP contribution is -2.57. The number of ether oxygens (including phenoxy) is 2. The van der Waals surface area contributed by atoms with Gasteiger partial charge in [0.05, 0.1) is 6.42 Å². The third-order valence-corrected chi connectivity index (χ3v) is 4.64. The van der Waals surface area contributed by atoms with Crippen LogP contribution in [0.25, 0.3) is 0 Å². The number of rotatable bonds is 4. The summed E-state index contributed by atoms with van der Waals surface area (Å²) in [5.41, 5.74) is 0.465. The van der Waals surface area contributed by atoms with Gasteiger partial charge in [-0.1, -0.05) is 18.2 Å². The summed E-state index contributed by atoms with van der Waals surface area (Å²) in [6.07, 6.45) is 1.94. The second-order valence-corrected chi connectivity index (χ2v) is 6.77. The highest BCUT2D eigenvalue weighted by molar-refractivity contribution is 6.31. The van der Waals surface area contributed by atoms with Gasteiger partial charge < -0.3 is 14.4 Å². The van der Waals surface area contributed by atoms with E-state index >= 15 is 0 Å². The van der Waals surface area contributed by atoms with Crippen molar-refractivity contribution in [2.24, 2.45) is 5.92 Å². The van der Waals surface area contributed by atoms with E-state index in [1.165, 1.54) is 4.90 Å². The van der Waals surface area contributed by atoms with Gasteiger partial charge in [0.1, 0.15) is 0 Å². The number of benzene rings is 1. The molecule has 2 heterocycles. The number of hydrogen-bond donors (Lipinski definition) is 0. The summed E-state index contributed by atoms with van der Waals surface area (Å²) in [7, 11) is 3.97. The predicted molar refractivity (Wildman–Crippen MR) is 88.3 cm³/mol. The predicted octanol–water partition coefficient (Wildman–Crippen LogP) is 1.24. The maximum absolute atomic E-state index is 12.9. The quantitative estimate of drug-likeness (QED) is 0.603. The second kappa shape index (κ2) is 6.84. The first-order valence-electron chi connectivity index (χ1n) is 8.39. The molecule has 25 heavy (non-hydrogen) atoms. The lowest BCUT2D eigenvalue weighted by atomic mass is 9.90. The van der Waals surface area contributed by atoms with Crippen molar-refractivity contribution in [3.05, 3.63) is 35.9 Å². The van der Waals surface area contributed by atoms with Crippen molar-refractivity contribution in [2.45, 2.75) is 25.2 Å². The zero-order valence-corrected chi connectivity index (χ0v) is 14.4. The Morgan fingerprint density at radius 3 is 2.44 bits per heavy atom. The molecule has 1 aromatic carbocycles. The lowest BCUT2D eigenvalue weighted by Gasteiger charge is -2.43. The molecule has 2 fully saturated rings. The van der Waals surface area contributed by atoms with Crippen LogP contribution in [0.15, 0.2) is 30.3 Å². The molecule has 1 aromatic rings. The topological polar surface area (TPSA) is 76.2 Å². The molecule has 1 spiro atoms. The summed E-state index contributed by atoms with van der Waals surface area (Å²) in [4.78, 5) is 39.7. The highest BCUT2D eigenvalue weighted by atomic mass is 16.8. The van der Waals surface area contributed by atoms with Crippen LogP contribution >= 0.6 is 0 Å². The highest BCUT2D eigenvalue weighted by Crippen LogP contribution is 2.39. The Morgan fingerprint density at radius 1 is 1.20 bits per heavy atom. The Kier molecular flexibility index (Phi) is 4.76. The SMILES string of the molecule is CN(C)CCC1CCN(C(=O)c2ccccc2)C2(C1)OC(=O)C(=O)O2. The molecule has 7 heteroatoms. The smallest absolute Gasteiger partial charge is 0.395 e. The fourth-order valence-electron chi connectivity index (χ4n) is 3.33. The van der Waals surface area contributed by atoms with Crippen LogP contribution in [0.3, 0.4) is 0 Å². The minimum Gasteiger partial charge on any atom is -0.395 e. The first-order valence-corrected chi connectivity index (χ1v) is 8.39. The van der Waals surface area contributed by atoms with E-state index in [-0.39, 0.29) is 11.8 Å². The summed E-state index contributed by atoms with van der Waals surface area (Å²) in [6.45, 7) is 1.24. The van der Waals surface area contributed by atoms with Crippen molar-refractivity contribution in [2.75, 3.05) is 27.2 Å². The van der Waals surface area contributed by atoms with Gasteiger partial charge in [-0.2, -0.15) is 0 Å². The van der Waals surface area contributed by atoms with Gasteiger partial charge in [-0.25, -0.2) is 9.59 Å². The van der Waals surface area contributed by atoms with E-state index in [2.05, 4.69) is 4.90 Å². The maximum Gasteiger partial charge on any atom is 0.422 e. The van der Waals surface area contributed by atoms with Crippen LogP contribution in [-0.2, 0) is 19.1 Å². The number of carbonyl (C=O) groups is 3. The monoisotopic (exact) mass is 346 g/mol. The average molecular weight is 346 g/mol. The van der Waals surface area contributed by atoms with E-state index < -0.39 is 17.8 Å². The van der Waals surface area contributed by atoms with Crippen molar-refractivity contribution in [3.63, 3.8) is 0 Å². The molecule has 1 atom stereocenters. The van der Waals surface area contributed by atoms with E-state index in [0.717, 1.165) is 19.4 Å². The Labute approximate surface area is 146 Å². The summed E-state index contributed by atoms with van der Waals surface area (Å²) in [6, 6.07) is 8.71. The molecule has 1 amide bonds. The van der Waals surface area contributed by atoms with Crippen molar-refractivity contribution in [3.8, 4) is 0 Å². The molecule has 0 aliphatic carbocycles. The van der Waals surface area contributed by atoms with E-state index in [0.29, 0.717) is 18.5 Å². The largest absolute Gasteiger partial charge is 0.422 e. The molecule has 0 radical (unpaired) electrons. The summed E-state index contributed by atoms with van der Waals surface area (Å²) < 4.78 is 10.6. The molecule has 2 aliphatic heterocycles. The molecule has 0 bridgehead atoms. The van der Waals surface area contributed by atoms with Crippen molar-refractivity contribution in [1.82, 2.24) is 9.80 Å². The maximum atomic E-state index is 12.9. The van der Waals surface area contributed by atoms with Crippen LogP contribution in [0.2, 0.25) is 0 Å². The summed E-state index contributed by atoms with van der Waals surface area (Å²) in [5.74, 6) is -3.82. The Balaban J connectivity index is 1.84. The molecule has 7 nitrogen and oxygen atoms in total. The standard InChI is InChI=1S/C18H22N2O5/c1-19(2)10-8-13-9-11-20(15(21)14-6-4-3-5-7-14)18(12-13)24-16(22)17(23)25-18/h3-7,13H,8-12H2,1-2H3. The zero-order chi connectivity index (χ0) is 18.0. The number of nitrogens with zero attached hydrogens (tertiary/aromatic N) is 2. The third kappa shape index (κ3) is 3.51. The Bertz CT molecular complexity index is 657. The first kappa shape index (κ1) is 17.4. The van der Waals surface area contributed by atoms with E-state index in [1.54, 1.807) is 24.3 Å². The molecule has 3 rings (SSSR count). The highest BCUT2D eigenvalue weighted by Gasteiger charge is 2.57. The fourth-order valence-corrected chi connectivity index (χ4v) is 3.33. The van der Waals surface area contributed by atoms with Gasteiger partial charge in [0, 0.05) is 12.1 Å². The van der Waals surface area contributed by atoms with Gasteiger partial charge in [-0.3, -0.25) is 9.69 Å². The first-order chi connectivity index (χ1) is 11.9. The number of amides is 1. The van der Waals surface area contributed by atoms with Crippen LogP contribution in [0.4, 0.5) is 0 Å². The van der Waals surface area contributed by atoms with Gasteiger partial charge in [0.25, 0.3) is 5.91 Å². The molecule has 134 valence electrons. The molecule has 0 saturated carbocycles. The van der Waals surface area contributed by atoms with Gasteiger partial charge in [-0.15, -0.1) is 0 Å². The summed E-state index contributed by atoms with van der Waals surface area (Å²) in [5, 5.41) is 0. The van der Waals surface area contributed by atoms with Crippen LogP contribution in [0.1, 0.15) is 29.6 Å². The third-order valence-electron chi connectivity index (χ3n) is 4.64. The van der Waals surface area contributed by atoms with Gasteiger partial charge in [0.2, 0.25) is 0 Å². The number of carbonyl (C=O) groups excluding carboxylic acids is 3. The lowest BCUT2D eigenvalue weighted by molar-refractivity contribution is -0.255. The van der Waals surface area contributed by atoms with Crippen molar-refractivity contribution >= 4 is 17.8 Å². The second-order valence-electron chi connectivity index (χ2n) is 6.77. The minimum absolute atomic E-state index is 0.195. The molecular formula is C18H22N2O5. The van der Waals surface area contributed by atoms with Crippen molar-refractivity contribution < 1.29 is 23.9 Å². The minimum atomic E-state index is -1.61. The van der Waals surface area contributed by atoms with E-state index in [9.17, 15) is 14.4 Å². The Morgan fingerprint density at radius 2 is 1.84 bits per heavy atom. The van der Waals surface area contributed by atoms with Gasteiger partial charge in [0.15, 0.2) is 0 Å². The number of piperidine rings is 1. The van der Waals surface area contributed by atoms with Crippen LogP contribution < -0.4 is 0 Å².